The second-order valence-electron chi connectivity index (χ2n) is 5.70. The third kappa shape index (κ3) is 5.39. The van der Waals surface area contributed by atoms with Gasteiger partial charge in [-0.15, -0.1) is 11.3 Å². The molecule has 0 unspecified atom stereocenters. The van der Waals surface area contributed by atoms with E-state index in [2.05, 4.69) is 32.7 Å². The predicted octanol–water partition coefficient (Wildman–Crippen LogP) is 3.49. The predicted molar refractivity (Wildman–Crippen MR) is 101 cm³/mol. The number of hydrogen-bond acceptors (Lipinski definition) is 5. The van der Waals surface area contributed by atoms with Crippen LogP contribution < -0.4 is 10.6 Å². The average Bonchev–Trinajstić information content (AvgIpc) is 3.02. The molecule has 25 heavy (non-hydrogen) atoms. The highest BCUT2D eigenvalue weighted by Gasteiger charge is 2.08. The summed E-state index contributed by atoms with van der Waals surface area (Å²) in [4.78, 5) is 20.9. The molecule has 0 bridgehead atoms. The Bertz CT molecular complexity index is 832. The fourth-order valence-corrected chi connectivity index (χ4v) is 3.10. The summed E-state index contributed by atoms with van der Waals surface area (Å²) in [7, 11) is 0. The lowest BCUT2D eigenvalue weighted by molar-refractivity contribution is -0.120. The maximum Gasteiger partial charge on any atom is 0.226 e. The molecule has 0 saturated carbocycles. The van der Waals surface area contributed by atoms with Crippen molar-refractivity contribution >= 4 is 28.2 Å². The van der Waals surface area contributed by atoms with Gasteiger partial charge in [0.1, 0.15) is 5.82 Å². The number of carbonyl (C=O) groups is 1. The van der Waals surface area contributed by atoms with Gasteiger partial charge in [0.25, 0.3) is 0 Å². The summed E-state index contributed by atoms with van der Waals surface area (Å²) < 4.78 is 0. The summed E-state index contributed by atoms with van der Waals surface area (Å²) in [5.74, 6) is 0.745. The standard InChI is InChI=1S/C19H20N4OS/c1-14-6-5-9-17(21-14)23-19-22-16(13-25-19)12-18(24)20-11-10-15-7-3-2-4-8-15/h2-9,13H,10-12H2,1H3,(H,20,24)(H,21,22,23). The van der Waals surface area contributed by atoms with Crippen LogP contribution in [0.25, 0.3) is 0 Å². The molecule has 3 rings (SSSR count). The summed E-state index contributed by atoms with van der Waals surface area (Å²) in [5.41, 5.74) is 2.92. The lowest BCUT2D eigenvalue weighted by Gasteiger charge is -2.04. The first-order valence-corrected chi connectivity index (χ1v) is 9.03. The summed E-state index contributed by atoms with van der Waals surface area (Å²) in [6.45, 7) is 2.57. The summed E-state index contributed by atoms with van der Waals surface area (Å²) in [6.07, 6.45) is 1.11. The second kappa shape index (κ2) is 8.39. The molecule has 2 N–H and O–H groups in total. The molecule has 0 aliphatic rings. The van der Waals surface area contributed by atoms with Crippen LogP contribution >= 0.6 is 11.3 Å². The Balaban J connectivity index is 1.46. The molecule has 0 aliphatic carbocycles. The first kappa shape index (κ1) is 17.1. The Morgan fingerprint density at radius 1 is 1.08 bits per heavy atom. The molecule has 0 aliphatic heterocycles. The third-order valence-electron chi connectivity index (χ3n) is 3.60. The zero-order valence-electron chi connectivity index (χ0n) is 14.0. The Hall–Kier alpha value is -2.73. The number of nitrogens with one attached hydrogen (secondary N) is 2. The van der Waals surface area contributed by atoms with E-state index < -0.39 is 0 Å². The fraction of sp³-hybridized carbons (Fsp3) is 0.211. The van der Waals surface area contributed by atoms with Gasteiger partial charge >= 0.3 is 0 Å². The quantitative estimate of drug-likeness (QED) is 0.683. The number of benzene rings is 1. The number of carbonyl (C=O) groups excluding carboxylic acids is 1. The first-order valence-electron chi connectivity index (χ1n) is 8.15. The largest absolute Gasteiger partial charge is 0.355 e. The number of rotatable bonds is 7. The van der Waals surface area contributed by atoms with E-state index >= 15 is 0 Å². The summed E-state index contributed by atoms with van der Waals surface area (Å²) >= 11 is 1.47. The molecule has 0 fully saturated rings. The molecule has 0 spiro atoms. The summed E-state index contributed by atoms with van der Waals surface area (Å²) in [5, 5.41) is 8.75. The van der Waals surface area contributed by atoms with Gasteiger partial charge in [-0.1, -0.05) is 36.4 Å². The maximum atomic E-state index is 12.0. The zero-order chi connectivity index (χ0) is 17.5. The van der Waals surface area contributed by atoms with Crippen LogP contribution in [0.4, 0.5) is 10.9 Å². The van der Waals surface area contributed by atoms with E-state index in [1.165, 1.54) is 16.9 Å². The molecular weight excluding hydrogens is 332 g/mol. The Morgan fingerprint density at radius 2 is 1.92 bits per heavy atom. The number of thiazole rings is 1. The molecule has 0 saturated heterocycles. The molecule has 2 aromatic heterocycles. The van der Waals surface area contributed by atoms with Crippen LogP contribution in [-0.4, -0.2) is 22.4 Å². The third-order valence-corrected chi connectivity index (χ3v) is 4.40. The van der Waals surface area contributed by atoms with Gasteiger partial charge in [0.2, 0.25) is 5.91 Å². The number of amides is 1. The minimum atomic E-state index is -0.0125. The van der Waals surface area contributed by atoms with Crippen LogP contribution in [0.2, 0.25) is 0 Å². The van der Waals surface area contributed by atoms with Gasteiger partial charge in [0.15, 0.2) is 5.13 Å². The van der Waals surface area contributed by atoms with Crippen LogP contribution in [-0.2, 0) is 17.6 Å². The minimum Gasteiger partial charge on any atom is -0.355 e. The van der Waals surface area contributed by atoms with Gasteiger partial charge in [-0.05, 0) is 31.0 Å². The van der Waals surface area contributed by atoms with E-state index in [0.717, 1.165) is 28.8 Å². The van der Waals surface area contributed by atoms with Crippen molar-refractivity contribution in [2.75, 3.05) is 11.9 Å². The molecule has 0 atom stereocenters. The highest BCUT2D eigenvalue weighted by atomic mass is 32.1. The number of aromatic nitrogens is 2. The van der Waals surface area contributed by atoms with Gasteiger partial charge in [0.05, 0.1) is 12.1 Å². The number of aryl methyl sites for hydroxylation is 1. The molecule has 1 aromatic carbocycles. The molecule has 1 amide bonds. The van der Waals surface area contributed by atoms with Crippen LogP contribution in [0.3, 0.4) is 0 Å². The molecule has 2 heterocycles. The highest BCUT2D eigenvalue weighted by molar-refractivity contribution is 7.13. The Morgan fingerprint density at radius 3 is 2.72 bits per heavy atom. The molecule has 128 valence electrons. The normalized spacial score (nSPS) is 10.4. The summed E-state index contributed by atoms with van der Waals surface area (Å²) in [6, 6.07) is 15.9. The van der Waals surface area contributed by atoms with Crippen molar-refractivity contribution in [2.45, 2.75) is 19.8 Å². The topological polar surface area (TPSA) is 66.9 Å². The van der Waals surface area contributed by atoms with Crippen LogP contribution in [0.5, 0.6) is 0 Å². The maximum absolute atomic E-state index is 12.0. The van der Waals surface area contributed by atoms with E-state index in [-0.39, 0.29) is 12.3 Å². The number of hydrogen-bond donors (Lipinski definition) is 2. The lowest BCUT2D eigenvalue weighted by Crippen LogP contribution is -2.27. The minimum absolute atomic E-state index is 0.0125. The van der Waals surface area contributed by atoms with Crippen LogP contribution in [0.1, 0.15) is 17.0 Å². The lowest BCUT2D eigenvalue weighted by atomic mass is 10.1. The van der Waals surface area contributed by atoms with Crippen LogP contribution in [0, 0.1) is 6.92 Å². The van der Waals surface area contributed by atoms with E-state index in [1.54, 1.807) is 0 Å². The van der Waals surface area contributed by atoms with E-state index in [4.69, 9.17) is 0 Å². The number of nitrogens with zero attached hydrogens (tertiary/aromatic N) is 2. The molecule has 0 radical (unpaired) electrons. The molecular formula is C19H20N4OS. The number of anilines is 2. The van der Waals surface area contributed by atoms with E-state index in [0.29, 0.717) is 6.54 Å². The fourth-order valence-electron chi connectivity index (χ4n) is 2.39. The second-order valence-corrected chi connectivity index (χ2v) is 6.55. The highest BCUT2D eigenvalue weighted by Crippen LogP contribution is 2.20. The Labute approximate surface area is 151 Å². The SMILES string of the molecule is Cc1cccc(Nc2nc(CC(=O)NCCc3ccccc3)cs2)n1. The van der Waals surface area contributed by atoms with Gasteiger partial charge < -0.3 is 10.6 Å². The van der Waals surface area contributed by atoms with Crippen molar-refractivity contribution in [1.82, 2.24) is 15.3 Å². The van der Waals surface area contributed by atoms with Crippen molar-refractivity contribution in [3.8, 4) is 0 Å². The van der Waals surface area contributed by atoms with Gasteiger partial charge in [-0.3, -0.25) is 4.79 Å². The van der Waals surface area contributed by atoms with Crippen molar-refractivity contribution in [2.24, 2.45) is 0 Å². The van der Waals surface area contributed by atoms with Crippen molar-refractivity contribution in [1.29, 1.82) is 0 Å². The van der Waals surface area contributed by atoms with E-state index in [9.17, 15) is 4.79 Å². The van der Waals surface area contributed by atoms with Gasteiger partial charge in [-0.25, -0.2) is 9.97 Å². The number of pyridine rings is 1. The van der Waals surface area contributed by atoms with Crippen molar-refractivity contribution in [3.05, 3.63) is 70.9 Å². The van der Waals surface area contributed by atoms with Crippen molar-refractivity contribution in [3.63, 3.8) is 0 Å². The Kier molecular flexibility index (Phi) is 5.74. The smallest absolute Gasteiger partial charge is 0.226 e. The average molecular weight is 352 g/mol. The van der Waals surface area contributed by atoms with Gasteiger partial charge in [0, 0.05) is 17.6 Å². The van der Waals surface area contributed by atoms with Crippen molar-refractivity contribution < 1.29 is 4.79 Å². The molecule has 5 nitrogen and oxygen atoms in total. The molecule has 3 aromatic rings. The van der Waals surface area contributed by atoms with E-state index in [1.807, 2.05) is 48.7 Å². The zero-order valence-corrected chi connectivity index (χ0v) is 14.8. The first-order chi connectivity index (χ1) is 12.2. The van der Waals surface area contributed by atoms with Crippen LogP contribution in [0.15, 0.2) is 53.9 Å². The molecule has 6 heteroatoms. The van der Waals surface area contributed by atoms with Gasteiger partial charge in [-0.2, -0.15) is 0 Å². The monoisotopic (exact) mass is 352 g/mol.